The van der Waals surface area contributed by atoms with Crippen LogP contribution in [0.25, 0.3) is 0 Å². The largest absolute Gasteiger partial charge is 0.478 e. The minimum Gasteiger partial charge on any atom is -0.478 e. The summed E-state index contributed by atoms with van der Waals surface area (Å²) in [4.78, 5) is 83.7. The smallest absolute Gasteiger partial charge is 0.336 e. The average molecular weight is 979 g/mol. The molecule has 2 amide bonds. The molecule has 8 rings (SSSR count). The Morgan fingerprint density at radius 1 is 0.528 bits per heavy atom. The van der Waals surface area contributed by atoms with E-state index in [-0.39, 0.29) is 51.7 Å². The van der Waals surface area contributed by atoms with Crippen molar-refractivity contribution >= 4 is 47.0 Å². The van der Waals surface area contributed by atoms with Crippen LogP contribution in [0.3, 0.4) is 0 Å². The fourth-order valence-corrected chi connectivity index (χ4v) is 7.88. The van der Waals surface area contributed by atoms with Gasteiger partial charge in [-0.3, -0.25) is 19.2 Å². The Morgan fingerprint density at radius 3 is 1.51 bits per heavy atom. The van der Waals surface area contributed by atoms with Gasteiger partial charge >= 0.3 is 17.9 Å². The van der Waals surface area contributed by atoms with E-state index in [9.17, 15) is 38.7 Å². The van der Waals surface area contributed by atoms with Gasteiger partial charge in [0.1, 0.15) is 0 Å². The molecule has 2 aliphatic rings. The molecule has 2 saturated heterocycles. The number of Topliss-reactive ketones (excluding diaryl/α,β-unsaturated/α-hetero) is 2. The maximum atomic E-state index is 12.5. The third-order valence-electron chi connectivity index (χ3n) is 11.7. The van der Waals surface area contributed by atoms with E-state index in [4.69, 9.17) is 29.2 Å². The van der Waals surface area contributed by atoms with E-state index in [2.05, 4.69) is 5.32 Å². The number of anilines is 1. The summed E-state index contributed by atoms with van der Waals surface area (Å²) in [6.45, 7) is 7.80. The summed E-state index contributed by atoms with van der Waals surface area (Å²) in [6, 6.07) is 40.1. The Kier molecular flexibility index (Phi) is 17.8. The highest BCUT2D eigenvalue weighted by molar-refractivity contribution is 6.11. The van der Waals surface area contributed by atoms with Gasteiger partial charge in [0.15, 0.2) is 23.1 Å². The molecule has 6 aromatic carbocycles. The van der Waals surface area contributed by atoms with Crippen LogP contribution in [-0.2, 0) is 44.1 Å². The normalized spacial score (nSPS) is 14.1. The molecule has 0 aliphatic carbocycles. The quantitative estimate of drug-likeness (QED) is 0.0705. The molecule has 0 unspecified atom stereocenters. The van der Waals surface area contributed by atoms with Gasteiger partial charge in [-0.2, -0.15) is 0 Å². The molecule has 16 heteroatoms. The number of benzene rings is 6. The predicted octanol–water partition coefficient (Wildman–Crippen LogP) is 8.83. The first kappa shape index (κ1) is 53.2. The Balaban J connectivity index is 0.000000177. The van der Waals surface area contributed by atoms with E-state index < -0.39 is 35.4 Å². The Hall–Kier alpha value is -8.15. The highest BCUT2D eigenvalue weighted by Gasteiger charge is 2.33. The molecule has 6 aromatic rings. The minimum absolute atomic E-state index is 0.0348. The molecule has 0 bridgehead atoms. The van der Waals surface area contributed by atoms with Gasteiger partial charge in [0.2, 0.25) is 0 Å². The van der Waals surface area contributed by atoms with Crippen molar-refractivity contribution < 1.29 is 67.8 Å². The highest BCUT2D eigenvalue weighted by atomic mass is 16.7. The van der Waals surface area contributed by atoms with E-state index >= 15 is 0 Å². The van der Waals surface area contributed by atoms with Crippen LogP contribution in [0.2, 0.25) is 0 Å². The second-order valence-corrected chi connectivity index (χ2v) is 17.1. The molecule has 0 atom stereocenters. The molecule has 0 aromatic heterocycles. The SMILES string of the molecule is CC(=O)c1ccccc1C(=O)N(C)Cc1ccc(C(=O)O)cc1.CC1(Cc2ccc(CC(=O)c3ccccc3C(=O)O)cc2)OCCO1.CC1(c2ccc(NC(=O)c3ccccc3C(=O)O)cc2)OCCO1. The predicted molar refractivity (Wildman–Crippen MR) is 265 cm³/mol. The van der Waals surface area contributed by atoms with Crippen LogP contribution in [0.1, 0.15) is 116 Å². The van der Waals surface area contributed by atoms with E-state index in [1.165, 1.54) is 42.2 Å². The maximum absolute atomic E-state index is 12.5. The molecule has 72 heavy (non-hydrogen) atoms. The number of rotatable bonds is 15. The summed E-state index contributed by atoms with van der Waals surface area (Å²) in [5.41, 5.74) is 5.43. The molecule has 0 spiro atoms. The third-order valence-corrected chi connectivity index (χ3v) is 11.7. The monoisotopic (exact) mass is 978 g/mol. The van der Waals surface area contributed by atoms with Gasteiger partial charge in [-0.1, -0.05) is 97.1 Å². The zero-order chi connectivity index (χ0) is 52.0. The van der Waals surface area contributed by atoms with Gasteiger partial charge in [-0.25, -0.2) is 14.4 Å². The van der Waals surface area contributed by atoms with Crippen molar-refractivity contribution in [2.45, 2.75) is 51.7 Å². The lowest BCUT2D eigenvalue weighted by Gasteiger charge is -2.22. The topological polar surface area (TPSA) is 232 Å². The Morgan fingerprint density at radius 2 is 0.986 bits per heavy atom. The Bertz CT molecular complexity index is 2920. The van der Waals surface area contributed by atoms with E-state index in [1.54, 1.807) is 85.9 Å². The summed E-state index contributed by atoms with van der Waals surface area (Å²) in [5, 5.41) is 29.9. The maximum Gasteiger partial charge on any atom is 0.336 e. The summed E-state index contributed by atoms with van der Waals surface area (Å²) >= 11 is 0. The number of amides is 2. The van der Waals surface area contributed by atoms with Crippen molar-refractivity contribution in [1.82, 2.24) is 4.90 Å². The molecule has 0 radical (unpaired) electrons. The number of nitrogens with zero attached hydrogens (tertiary/aromatic N) is 1. The van der Waals surface area contributed by atoms with Gasteiger partial charge in [-0.15, -0.1) is 0 Å². The van der Waals surface area contributed by atoms with Gasteiger partial charge in [-0.05, 0) is 86.0 Å². The van der Waals surface area contributed by atoms with Crippen molar-refractivity contribution in [1.29, 1.82) is 0 Å². The van der Waals surface area contributed by atoms with E-state index in [1.807, 2.05) is 50.2 Å². The second-order valence-electron chi connectivity index (χ2n) is 17.1. The van der Waals surface area contributed by atoms with Crippen LogP contribution in [0.5, 0.6) is 0 Å². The lowest BCUT2D eigenvalue weighted by atomic mass is 9.97. The zero-order valence-corrected chi connectivity index (χ0v) is 40.1. The summed E-state index contributed by atoms with van der Waals surface area (Å²) < 4.78 is 22.4. The van der Waals surface area contributed by atoms with Crippen molar-refractivity contribution in [2.24, 2.45) is 0 Å². The molecule has 372 valence electrons. The minimum atomic E-state index is -1.14. The molecule has 2 heterocycles. The first-order valence-electron chi connectivity index (χ1n) is 22.8. The molecule has 0 saturated carbocycles. The first-order valence-corrected chi connectivity index (χ1v) is 22.8. The van der Waals surface area contributed by atoms with Crippen molar-refractivity contribution in [3.05, 3.63) is 207 Å². The lowest BCUT2D eigenvalue weighted by molar-refractivity contribution is -0.149. The van der Waals surface area contributed by atoms with Crippen molar-refractivity contribution in [3.63, 3.8) is 0 Å². The number of ketones is 2. The van der Waals surface area contributed by atoms with Crippen LogP contribution in [0.4, 0.5) is 5.69 Å². The number of carboxylic acids is 3. The number of hydrogen-bond donors (Lipinski definition) is 4. The molecular weight excluding hydrogens is 925 g/mol. The molecule has 4 N–H and O–H groups in total. The number of hydrogen-bond acceptors (Lipinski definition) is 11. The van der Waals surface area contributed by atoms with Crippen LogP contribution < -0.4 is 5.32 Å². The summed E-state index contributed by atoms with van der Waals surface area (Å²) in [5.74, 6) is -5.66. The molecule has 16 nitrogen and oxygen atoms in total. The highest BCUT2D eigenvalue weighted by Crippen LogP contribution is 2.31. The van der Waals surface area contributed by atoms with Crippen LogP contribution in [0.15, 0.2) is 146 Å². The Labute approximate surface area is 415 Å². The number of nitrogens with one attached hydrogen (secondary N) is 1. The number of ether oxygens (including phenoxy) is 4. The fourth-order valence-electron chi connectivity index (χ4n) is 7.88. The molecular formula is C56H54N2O14. The van der Waals surface area contributed by atoms with Crippen molar-refractivity contribution in [3.8, 4) is 0 Å². The number of aromatic carboxylic acids is 3. The number of carbonyl (C=O) groups excluding carboxylic acids is 4. The van der Waals surface area contributed by atoms with Gasteiger partial charge in [0.05, 0.1) is 54.2 Å². The summed E-state index contributed by atoms with van der Waals surface area (Å²) in [7, 11) is 1.64. The van der Waals surface area contributed by atoms with E-state index in [0.717, 1.165) is 22.3 Å². The third kappa shape index (κ3) is 14.0. The number of carboxylic acid groups (broad SMARTS) is 3. The van der Waals surface area contributed by atoms with Crippen LogP contribution in [-0.4, -0.2) is 101 Å². The van der Waals surface area contributed by atoms with Gasteiger partial charge < -0.3 is 44.5 Å². The molecule has 2 aliphatic heterocycles. The average Bonchev–Trinajstić information content (AvgIpc) is 4.03. The van der Waals surface area contributed by atoms with Crippen LogP contribution in [0, 0.1) is 0 Å². The zero-order valence-electron chi connectivity index (χ0n) is 40.1. The van der Waals surface area contributed by atoms with Gasteiger partial charge in [0, 0.05) is 48.8 Å². The lowest BCUT2D eigenvalue weighted by Crippen LogP contribution is -2.28. The second kappa shape index (κ2) is 24.1. The number of carbonyl (C=O) groups is 7. The first-order chi connectivity index (χ1) is 34.4. The van der Waals surface area contributed by atoms with Gasteiger partial charge in [0.25, 0.3) is 11.8 Å². The van der Waals surface area contributed by atoms with E-state index in [0.29, 0.717) is 56.2 Å². The summed E-state index contributed by atoms with van der Waals surface area (Å²) in [6.07, 6.45) is 0.803. The van der Waals surface area contributed by atoms with Crippen molar-refractivity contribution in [2.75, 3.05) is 38.8 Å². The standard InChI is InChI=1S/C20H20O5.C18H17NO5.C18H17NO4/c1-20(24-10-11-25-20)13-15-8-6-14(7-9-15)12-18(21)16-4-2-3-5-17(16)19(22)23;1-18(23-10-11-24-18)12-6-8-13(9-7-12)19-16(20)14-4-2-3-5-15(14)17(21)22;1-12(20)15-5-3-4-6-16(15)17(21)19(2)11-13-7-9-14(10-8-13)18(22)23/h2-9H,10-13H2,1H3,(H,22,23);2-9H,10-11H2,1H3,(H,19,20)(H,21,22);3-10H,11H2,1-2H3,(H,22,23). The molecule has 2 fully saturated rings. The van der Waals surface area contributed by atoms with Crippen LogP contribution >= 0.6 is 0 Å². The fraction of sp³-hybridized carbons (Fsp3) is 0.232.